The summed E-state index contributed by atoms with van der Waals surface area (Å²) in [4.78, 5) is 0.553. The molecule has 0 bridgehead atoms. The van der Waals surface area contributed by atoms with Crippen molar-refractivity contribution in [1.82, 2.24) is 25.5 Å². The molecule has 0 aliphatic rings. The van der Waals surface area contributed by atoms with Crippen LogP contribution in [0.5, 0.6) is 0 Å². The van der Waals surface area contributed by atoms with E-state index < -0.39 is 0 Å². The first-order valence-electron chi connectivity index (χ1n) is 5.49. The first-order valence-corrected chi connectivity index (χ1v) is 6.31. The Kier molecular flexibility index (Phi) is 3.93. The fourth-order valence-electron chi connectivity index (χ4n) is 1.53. The summed E-state index contributed by atoms with van der Waals surface area (Å²) in [6, 6.07) is 5.11. The fraction of sp³-hybridized carbons (Fsp3) is 0.364. The van der Waals surface area contributed by atoms with E-state index in [2.05, 4.69) is 20.8 Å². The molecule has 1 N–H and O–H groups in total. The highest BCUT2D eigenvalue weighted by Crippen LogP contribution is 2.33. The second-order valence-electron chi connectivity index (χ2n) is 3.86. The number of hydrogen-bond acceptors (Lipinski definition) is 5. The highest BCUT2D eigenvalue weighted by Gasteiger charge is 2.16. The van der Waals surface area contributed by atoms with Gasteiger partial charge in [0.2, 0.25) is 5.16 Å². The zero-order chi connectivity index (χ0) is 13.1. The van der Waals surface area contributed by atoms with Gasteiger partial charge in [0.1, 0.15) is 5.82 Å². The monoisotopic (exact) mass is 267 g/mol. The number of hydrogen-bond donors (Lipinski definition) is 1. The van der Waals surface area contributed by atoms with E-state index in [0.717, 1.165) is 5.56 Å². The van der Waals surface area contributed by atoms with Crippen molar-refractivity contribution in [3.8, 4) is 0 Å². The largest absolute Gasteiger partial charge is 0.313 e. The SMILES string of the molecule is CNC(C)c1cccc(F)c1Sc1nnnn1C. The molecule has 96 valence electrons. The lowest BCUT2D eigenvalue weighted by Gasteiger charge is -2.15. The summed E-state index contributed by atoms with van der Waals surface area (Å²) >= 11 is 1.23. The summed E-state index contributed by atoms with van der Waals surface area (Å²) < 4.78 is 15.5. The third-order valence-corrected chi connectivity index (χ3v) is 3.83. The molecule has 1 heterocycles. The summed E-state index contributed by atoms with van der Waals surface area (Å²) in [5.41, 5.74) is 0.894. The van der Waals surface area contributed by atoms with E-state index in [1.54, 1.807) is 13.1 Å². The maximum absolute atomic E-state index is 13.9. The van der Waals surface area contributed by atoms with Gasteiger partial charge in [-0.05, 0) is 47.8 Å². The Hall–Kier alpha value is -1.47. The van der Waals surface area contributed by atoms with E-state index in [-0.39, 0.29) is 11.9 Å². The van der Waals surface area contributed by atoms with E-state index in [0.29, 0.717) is 10.1 Å². The predicted molar refractivity (Wildman–Crippen MR) is 66.8 cm³/mol. The van der Waals surface area contributed by atoms with E-state index >= 15 is 0 Å². The van der Waals surface area contributed by atoms with Crippen LogP contribution < -0.4 is 5.32 Å². The first kappa shape index (κ1) is 13.0. The van der Waals surface area contributed by atoms with Gasteiger partial charge in [-0.25, -0.2) is 9.07 Å². The van der Waals surface area contributed by atoms with Gasteiger partial charge in [0.15, 0.2) is 0 Å². The fourth-order valence-corrected chi connectivity index (χ4v) is 2.49. The van der Waals surface area contributed by atoms with Crippen molar-refractivity contribution in [2.24, 2.45) is 7.05 Å². The molecule has 0 saturated carbocycles. The first-order chi connectivity index (χ1) is 8.63. The molecule has 1 aromatic carbocycles. The molecule has 0 amide bonds. The highest BCUT2D eigenvalue weighted by atomic mass is 32.2. The zero-order valence-electron chi connectivity index (χ0n) is 10.4. The maximum Gasteiger partial charge on any atom is 0.213 e. The molecule has 0 aliphatic heterocycles. The van der Waals surface area contributed by atoms with E-state index in [1.165, 1.54) is 22.5 Å². The third kappa shape index (κ3) is 2.51. The summed E-state index contributed by atoms with van der Waals surface area (Å²) in [5, 5.41) is 14.8. The quantitative estimate of drug-likeness (QED) is 0.915. The van der Waals surface area contributed by atoms with Crippen molar-refractivity contribution in [3.63, 3.8) is 0 Å². The Labute approximate surface area is 109 Å². The summed E-state index contributed by atoms with van der Waals surface area (Å²) in [7, 11) is 3.57. The summed E-state index contributed by atoms with van der Waals surface area (Å²) in [6.07, 6.45) is 0. The van der Waals surface area contributed by atoms with E-state index in [9.17, 15) is 4.39 Å². The summed E-state index contributed by atoms with van der Waals surface area (Å²) in [6.45, 7) is 1.98. The Bertz CT molecular complexity index is 542. The van der Waals surface area contributed by atoms with Gasteiger partial charge in [0, 0.05) is 13.1 Å². The van der Waals surface area contributed by atoms with Crippen LogP contribution in [0, 0.1) is 5.82 Å². The van der Waals surface area contributed by atoms with Gasteiger partial charge < -0.3 is 5.32 Å². The molecule has 5 nitrogen and oxygen atoms in total. The molecule has 0 aliphatic carbocycles. The predicted octanol–water partition coefficient (Wildman–Crippen LogP) is 1.78. The molecule has 18 heavy (non-hydrogen) atoms. The van der Waals surface area contributed by atoms with Crippen LogP contribution in [0.25, 0.3) is 0 Å². The normalized spacial score (nSPS) is 12.7. The molecule has 0 fully saturated rings. The topological polar surface area (TPSA) is 55.6 Å². The van der Waals surface area contributed by atoms with Gasteiger partial charge in [-0.3, -0.25) is 0 Å². The lowest BCUT2D eigenvalue weighted by Crippen LogP contribution is -2.13. The number of nitrogens with zero attached hydrogens (tertiary/aromatic N) is 4. The van der Waals surface area contributed by atoms with Gasteiger partial charge in [-0.2, -0.15) is 0 Å². The van der Waals surface area contributed by atoms with Gasteiger partial charge in [0.05, 0.1) is 4.90 Å². The molecule has 2 rings (SSSR count). The smallest absolute Gasteiger partial charge is 0.213 e. The second kappa shape index (κ2) is 5.45. The molecule has 0 saturated heterocycles. The van der Waals surface area contributed by atoms with Gasteiger partial charge in [-0.15, -0.1) is 5.10 Å². The average Bonchev–Trinajstić information content (AvgIpc) is 2.76. The van der Waals surface area contributed by atoms with Gasteiger partial charge in [-0.1, -0.05) is 12.1 Å². The van der Waals surface area contributed by atoms with Crippen LogP contribution in [0.4, 0.5) is 4.39 Å². The zero-order valence-corrected chi connectivity index (χ0v) is 11.2. The lowest BCUT2D eigenvalue weighted by molar-refractivity contribution is 0.574. The minimum atomic E-state index is -0.261. The van der Waals surface area contributed by atoms with Crippen LogP contribution in [0.2, 0.25) is 0 Å². The van der Waals surface area contributed by atoms with Crippen molar-refractivity contribution >= 4 is 11.8 Å². The van der Waals surface area contributed by atoms with Crippen LogP contribution >= 0.6 is 11.8 Å². The molecule has 0 spiro atoms. The molecule has 0 radical (unpaired) electrons. The molecular formula is C11H14FN5S. The van der Waals surface area contributed by atoms with Crippen LogP contribution in [-0.4, -0.2) is 27.3 Å². The maximum atomic E-state index is 13.9. The van der Waals surface area contributed by atoms with Crippen molar-refractivity contribution in [2.75, 3.05) is 7.05 Å². The number of nitrogens with one attached hydrogen (secondary N) is 1. The number of benzene rings is 1. The van der Waals surface area contributed by atoms with Crippen LogP contribution in [0.1, 0.15) is 18.5 Å². The Morgan fingerprint density at radius 2 is 2.22 bits per heavy atom. The molecule has 2 aromatic rings. The van der Waals surface area contributed by atoms with Crippen molar-refractivity contribution in [1.29, 1.82) is 0 Å². The van der Waals surface area contributed by atoms with Gasteiger partial charge >= 0.3 is 0 Å². The molecule has 1 aromatic heterocycles. The van der Waals surface area contributed by atoms with Crippen molar-refractivity contribution in [2.45, 2.75) is 23.0 Å². The highest BCUT2D eigenvalue weighted by molar-refractivity contribution is 7.99. The molecular weight excluding hydrogens is 253 g/mol. The molecule has 1 unspecified atom stereocenters. The van der Waals surface area contributed by atoms with E-state index in [4.69, 9.17) is 0 Å². The Morgan fingerprint density at radius 1 is 1.44 bits per heavy atom. The Morgan fingerprint density at radius 3 is 2.83 bits per heavy atom. The van der Waals surface area contributed by atoms with E-state index in [1.807, 2.05) is 20.0 Å². The minimum Gasteiger partial charge on any atom is -0.313 e. The van der Waals surface area contributed by atoms with Crippen LogP contribution in [-0.2, 0) is 7.05 Å². The number of aromatic nitrogens is 4. The number of tetrazole rings is 1. The molecule has 7 heteroatoms. The number of halogens is 1. The molecule has 1 atom stereocenters. The summed E-state index contributed by atoms with van der Waals surface area (Å²) in [5.74, 6) is -0.261. The van der Waals surface area contributed by atoms with Crippen molar-refractivity contribution in [3.05, 3.63) is 29.6 Å². The average molecular weight is 267 g/mol. The minimum absolute atomic E-state index is 0.0596. The van der Waals surface area contributed by atoms with Crippen molar-refractivity contribution < 1.29 is 4.39 Å². The third-order valence-electron chi connectivity index (χ3n) is 2.67. The van der Waals surface area contributed by atoms with Gasteiger partial charge in [0.25, 0.3) is 0 Å². The number of aryl methyl sites for hydroxylation is 1. The number of rotatable bonds is 4. The second-order valence-corrected chi connectivity index (χ2v) is 4.83. The Balaban J connectivity index is 2.40. The van der Waals surface area contributed by atoms with Crippen LogP contribution in [0.3, 0.4) is 0 Å². The van der Waals surface area contributed by atoms with Crippen LogP contribution in [0.15, 0.2) is 28.3 Å². The lowest BCUT2D eigenvalue weighted by atomic mass is 10.1. The standard InChI is InChI=1S/C11H14FN5S/c1-7(13-2)8-5-4-6-9(12)10(8)18-11-14-15-16-17(11)3/h4-7,13H,1-3H3.